The molecule has 1 aromatic heterocycles. The van der Waals surface area contributed by atoms with E-state index in [0.717, 1.165) is 24.1 Å². The minimum Gasteiger partial charge on any atom is -0.381 e. The predicted molar refractivity (Wildman–Crippen MR) is 97.2 cm³/mol. The number of nitrogens with two attached hydrogens (primary N) is 1. The SMILES string of the molecule is Cc1ccc(-c2csc(NC(=O)C(N)C3CCOCC3)n2)cc1C. The Kier molecular flexibility index (Phi) is 5.28. The van der Waals surface area contributed by atoms with Gasteiger partial charge in [0.05, 0.1) is 11.7 Å². The molecule has 0 saturated carbocycles. The lowest BCUT2D eigenvalue weighted by Crippen LogP contribution is -2.43. The third-order valence-corrected chi connectivity index (χ3v) is 5.37. The van der Waals surface area contributed by atoms with Gasteiger partial charge in [-0.2, -0.15) is 0 Å². The molecular weight excluding hydrogens is 322 g/mol. The van der Waals surface area contributed by atoms with Crippen LogP contribution in [0.4, 0.5) is 5.13 Å². The number of benzene rings is 1. The Morgan fingerprint density at radius 3 is 2.79 bits per heavy atom. The summed E-state index contributed by atoms with van der Waals surface area (Å²) in [6.45, 7) is 5.53. The van der Waals surface area contributed by atoms with Gasteiger partial charge in [0, 0.05) is 24.2 Å². The minimum absolute atomic E-state index is 0.164. The first-order chi connectivity index (χ1) is 11.5. The highest BCUT2D eigenvalue weighted by Gasteiger charge is 2.27. The maximum Gasteiger partial charge on any atom is 0.243 e. The third-order valence-electron chi connectivity index (χ3n) is 4.61. The second kappa shape index (κ2) is 7.42. The van der Waals surface area contributed by atoms with E-state index in [1.165, 1.54) is 22.5 Å². The summed E-state index contributed by atoms with van der Waals surface area (Å²) in [5, 5.41) is 5.41. The summed E-state index contributed by atoms with van der Waals surface area (Å²) in [4.78, 5) is 16.9. The molecule has 3 rings (SSSR count). The molecule has 5 nitrogen and oxygen atoms in total. The summed E-state index contributed by atoms with van der Waals surface area (Å²) in [5.41, 5.74) is 10.5. The molecule has 2 heterocycles. The van der Waals surface area contributed by atoms with Crippen LogP contribution in [0.2, 0.25) is 0 Å². The molecule has 0 radical (unpaired) electrons. The van der Waals surface area contributed by atoms with E-state index in [4.69, 9.17) is 10.5 Å². The first kappa shape index (κ1) is 17.1. The molecule has 3 N–H and O–H groups in total. The fourth-order valence-corrected chi connectivity index (χ4v) is 3.56. The Balaban J connectivity index is 1.66. The number of amides is 1. The van der Waals surface area contributed by atoms with Gasteiger partial charge in [-0.25, -0.2) is 4.98 Å². The molecule has 6 heteroatoms. The molecule has 2 aromatic rings. The van der Waals surface area contributed by atoms with Crippen LogP contribution in [0.3, 0.4) is 0 Å². The van der Waals surface area contributed by atoms with Gasteiger partial charge in [0.1, 0.15) is 0 Å². The van der Waals surface area contributed by atoms with Crippen molar-refractivity contribution in [1.29, 1.82) is 0 Å². The van der Waals surface area contributed by atoms with Gasteiger partial charge in [0.25, 0.3) is 0 Å². The zero-order valence-corrected chi connectivity index (χ0v) is 14.9. The number of aromatic nitrogens is 1. The van der Waals surface area contributed by atoms with Crippen molar-refractivity contribution < 1.29 is 9.53 Å². The lowest BCUT2D eigenvalue weighted by Gasteiger charge is -2.26. The van der Waals surface area contributed by atoms with Crippen LogP contribution in [0.15, 0.2) is 23.6 Å². The van der Waals surface area contributed by atoms with Crippen LogP contribution in [-0.2, 0) is 9.53 Å². The Bertz CT molecular complexity index is 723. The molecule has 128 valence electrons. The highest BCUT2D eigenvalue weighted by Crippen LogP contribution is 2.27. The van der Waals surface area contributed by atoms with E-state index in [-0.39, 0.29) is 11.8 Å². The molecule has 1 amide bonds. The van der Waals surface area contributed by atoms with E-state index in [1.54, 1.807) is 0 Å². The molecule has 1 aromatic carbocycles. The molecular formula is C18H23N3O2S. The molecule has 24 heavy (non-hydrogen) atoms. The van der Waals surface area contributed by atoms with Crippen molar-refractivity contribution in [3.63, 3.8) is 0 Å². The molecule has 1 fully saturated rings. The number of ether oxygens (including phenoxy) is 1. The highest BCUT2D eigenvalue weighted by atomic mass is 32.1. The maximum atomic E-state index is 12.3. The van der Waals surface area contributed by atoms with Gasteiger partial charge >= 0.3 is 0 Å². The van der Waals surface area contributed by atoms with Crippen molar-refractivity contribution in [2.75, 3.05) is 18.5 Å². The van der Waals surface area contributed by atoms with Crippen LogP contribution < -0.4 is 11.1 Å². The van der Waals surface area contributed by atoms with Gasteiger partial charge in [-0.15, -0.1) is 11.3 Å². The van der Waals surface area contributed by atoms with E-state index < -0.39 is 6.04 Å². The highest BCUT2D eigenvalue weighted by molar-refractivity contribution is 7.14. The Morgan fingerprint density at radius 2 is 2.08 bits per heavy atom. The van der Waals surface area contributed by atoms with Crippen molar-refractivity contribution in [3.05, 3.63) is 34.7 Å². The number of carbonyl (C=O) groups is 1. The Labute approximate surface area is 146 Å². The van der Waals surface area contributed by atoms with E-state index >= 15 is 0 Å². The third kappa shape index (κ3) is 3.83. The largest absolute Gasteiger partial charge is 0.381 e. The Hall–Kier alpha value is -1.76. The van der Waals surface area contributed by atoms with Gasteiger partial charge in [-0.1, -0.05) is 12.1 Å². The van der Waals surface area contributed by atoms with Gasteiger partial charge < -0.3 is 15.8 Å². The first-order valence-corrected chi connectivity index (χ1v) is 9.10. The van der Waals surface area contributed by atoms with Crippen LogP contribution in [0.1, 0.15) is 24.0 Å². The molecule has 1 unspecified atom stereocenters. The Morgan fingerprint density at radius 1 is 1.33 bits per heavy atom. The van der Waals surface area contributed by atoms with Crippen LogP contribution in [0, 0.1) is 19.8 Å². The zero-order chi connectivity index (χ0) is 17.1. The fraction of sp³-hybridized carbons (Fsp3) is 0.444. The summed E-state index contributed by atoms with van der Waals surface area (Å²) in [5.74, 6) is 0.0146. The summed E-state index contributed by atoms with van der Waals surface area (Å²) in [7, 11) is 0. The van der Waals surface area contributed by atoms with Crippen molar-refractivity contribution in [3.8, 4) is 11.3 Å². The summed E-state index contributed by atoms with van der Waals surface area (Å²) < 4.78 is 5.32. The van der Waals surface area contributed by atoms with E-state index in [0.29, 0.717) is 18.3 Å². The summed E-state index contributed by atoms with van der Waals surface area (Å²) in [6.07, 6.45) is 1.67. The number of hydrogen-bond donors (Lipinski definition) is 2. The second-order valence-electron chi connectivity index (χ2n) is 6.30. The number of hydrogen-bond acceptors (Lipinski definition) is 5. The van der Waals surface area contributed by atoms with E-state index in [9.17, 15) is 4.79 Å². The standard InChI is InChI=1S/C18H23N3O2S/c1-11-3-4-14(9-12(11)2)15-10-24-18(20-15)21-17(22)16(19)13-5-7-23-8-6-13/h3-4,9-10,13,16H,5-8,19H2,1-2H3,(H,20,21,22). The van der Waals surface area contributed by atoms with Crippen molar-refractivity contribution in [1.82, 2.24) is 4.98 Å². The van der Waals surface area contributed by atoms with Gasteiger partial charge in [0.15, 0.2) is 5.13 Å². The van der Waals surface area contributed by atoms with E-state index in [2.05, 4.69) is 42.3 Å². The molecule has 0 spiro atoms. The van der Waals surface area contributed by atoms with Crippen LogP contribution in [0.5, 0.6) is 0 Å². The lowest BCUT2D eigenvalue weighted by atomic mass is 9.92. The molecule has 0 aliphatic carbocycles. The number of aryl methyl sites for hydroxylation is 2. The lowest BCUT2D eigenvalue weighted by molar-refractivity contribution is -0.119. The number of nitrogens with one attached hydrogen (secondary N) is 1. The van der Waals surface area contributed by atoms with Gasteiger partial charge in [-0.3, -0.25) is 4.79 Å². The molecule has 1 atom stereocenters. The number of anilines is 1. The molecule has 1 aliphatic heterocycles. The average molecular weight is 345 g/mol. The fourth-order valence-electron chi connectivity index (χ4n) is 2.84. The quantitative estimate of drug-likeness (QED) is 0.892. The first-order valence-electron chi connectivity index (χ1n) is 8.22. The smallest absolute Gasteiger partial charge is 0.243 e. The maximum absolute atomic E-state index is 12.3. The van der Waals surface area contributed by atoms with Crippen molar-refractivity contribution in [2.24, 2.45) is 11.7 Å². The molecule has 1 aliphatic rings. The zero-order valence-electron chi connectivity index (χ0n) is 14.0. The van der Waals surface area contributed by atoms with Crippen LogP contribution in [-0.4, -0.2) is 30.1 Å². The topological polar surface area (TPSA) is 77.2 Å². The van der Waals surface area contributed by atoms with Crippen molar-refractivity contribution in [2.45, 2.75) is 32.7 Å². The monoisotopic (exact) mass is 345 g/mol. The number of thiazole rings is 1. The number of carbonyl (C=O) groups excluding carboxylic acids is 1. The number of rotatable bonds is 4. The summed E-state index contributed by atoms with van der Waals surface area (Å²) in [6, 6.07) is 5.74. The normalized spacial score (nSPS) is 16.8. The summed E-state index contributed by atoms with van der Waals surface area (Å²) >= 11 is 1.42. The predicted octanol–water partition coefficient (Wildman–Crippen LogP) is 3.12. The average Bonchev–Trinajstić information content (AvgIpc) is 3.06. The minimum atomic E-state index is -0.511. The van der Waals surface area contributed by atoms with Gasteiger partial charge in [0.2, 0.25) is 5.91 Å². The van der Waals surface area contributed by atoms with Crippen molar-refractivity contribution >= 4 is 22.4 Å². The van der Waals surface area contributed by atoms with Gasteiger partial charge in [-0.05, 0) is 49.8 Å². The van der Waals surface area contributed by atoms with Crippen LogP contribution >= 0.6 is 11.3 Å². The van der Waals surface area contributed by atoms with Crippen LogP contribution in [0.25, 0.3) is 11.3 Å². The van der Waals surface area contributed by atoms with E-state index in [1.807, 2.05) is 5.38 Å². The second-order valence-corrected chi connectivity index (χ2v) is 7.16. The molecule has 1 saturated heterocycles. The number of nitrogens with zero attached hydrogens (tertiary/aromatic N) is 1. The molecule has 0 bridgehead atoms.